The summed E-state index contributed by atoms with van der Waals surface area (Å²) in [5.41, 5.74) is 5.69. The predicted octanol–water partition coefficient (Wildman–Crippen LogP) is -0.314. The first kappa shape index (κ1) is 12.6. The first-order chi connectivity index (χ1) is 8.90. The number of carboxylic acid groups (broad SMARTS) is 1. The highest BCUT2D eigenvalue weighted by Gasteiger charge is 2.20. The maximum atomic E-state index is 12.0. The van der Waals surface area contributed by atoms with E-state index in [1.165, 1.54) is 24.0 Å². The Kier molecular flexibility index (Phi) is 2.95. The molecule has 0 saturated carbocycles. The molecule has 0 aliphatic rings. The second-order valence-electron chi connectivity index (χ2n) is 3.87. The smallest absolute Gasteiger partial charge is 0.356 e. The van der Waals surface area contributed by atoms with Crippen LogP contribution in [0, 0.1) is 0 Å². The molecule has 1 amide bonds. The highest BCUT2D eigenvalue weighted by atomic mass is 16.4. The summed E-state index contributed by atoms with van der Waals surface area (Å²) in [5, 5.41) is 19.1. The van der Waals surface area contributed by atoms with E-state index in [0.29, 0.717) is 0 Å². The summed E-state index contributed by atoms with van der Waals surface area (Å²) in [5.74, 6) is -1.49. The average molecular weight is 264 g/mol. The van der Waals surface area contributed by atoms with Crippen molar-refractivity contribution in [2.24, 2.45) is 14.1 Å². The van der Waals surface area contributed by atoms with Crippen molar-refractivity contribution >= 4 is 23.4 Å². The lowest BCUT2D eigenvalue weighted by Crippen LogP contribution is -2.18. The Bertz CT molecular complexity index is 656. The minimum atomic E-state index is -1.18. The summed E-state index contributed by atoms with van der Waals surface area (Å²) in [6, 6.07) is 1.39. The number of anilines is 2. The fraction of sp³-hybridized carbons (Fsp3) is 0.200. The van der Waals surface area contributed by atoms with E-state index < -0.39 is 11.9 Å². The third-order valence-electron chi connectivity index (χ3n) is 2.52. The summed E-state index contributed by atoms with van der Waals surface area (Å²) in [7, 11) is 3.04. The molecule has 0 atom stereocenters. The van der Waals surface area contributed by atoms with Gasteiger partial charge in [0.15, 0.2) is 5.69 Å². The van der Waals surface area contributed by atoms with Crippen LogP contribution in [0.2, 0.25) is 0 Å². The molecule has 0 aliphatic carbocycles. The topological polar surface area (TPSA) is 128 Å². The second-order valence-corrected chi connectivity index (χ2v) is 3.87. The lowest BCUT2D eigenvalue weighted by atomic mass is 10.3. The molecule has 0 aliphatic heterocycles. The first-order valence-electron chi connectivity index (χ1n) is 5.26. The van der Waals surface area contributed by atoms with E-state index in [2.05, 4.69) is 15.5 Å². The number of carbonyl (C=O) groups is 2. The molecular formula is C10H12N6O3. The van der Waals surface area contributed by atoms with Gasteiger partial charge in [0.05, 0.1) is 11.9 Å². The van der Waals surface area contributed by atoms with E-state index in [-0.39, 0.29) is 22.9 Å². The van der Waals surface area contributed by atoms with Crippen molar-refractivity contribution in [2.45, 2.75) is 0 Å². The summed E-state index contributed by atoms with van der Waals surface area (Å²) in [4.78, 5) is 23.0. The number of aromatic nitrogens is 4. The Hall–Kier alpha value is -2.84. The van der Waals surface area contributed by atoms with Crippen LogP contribution in [0.5, 0.6) is 0 Å². The van der Waals surface area contributed by atoms with Gasteiger partial charge in [-0.3, -0.25) is 14.2 Å². The summed E-state index contributed by atoms with van der Waals surface area (Å²) >= 11 is 0. The van der Waals surface area contributed by atoms with Gasteiger partial charge in [0, 0.05) is 20.2 Å². The van der Waals surface area contributed by atoms with Crippen molar-refractivity contribution in [3.8, 4) is 0 Å². The zero-order valence-electron chi connectivity index (χ0n) is 10.3. The highest BCUT2D eigenvalue weighted by Crippen LogP contribution is 2.15. The predicted molar refractivity (Wildman–Crippen MR) is 65.7 cm³/mol. The Balaban J connectivity index is 2.29. The van der Waals surface area contributed by atoms with E-state index >= 15 is 0 Å². The molecule has 0 fully saturated rings. The number of aromatic carboxylic acids is 1. The molecule has 9 nitrogen and oxygen atoms in total. The van der Waals surface area contributed by atoms with Crippen LogP contribution < -0.4 is 11.1 Å². The normalized spacial score (nSPS) is 10.4. The molecule has 0 bridgehead atoms. The molecule has 0 spiro atoms. The van der Waals surface area contributed by atoms with E-state index in [0.717, 1.165) is 4.68 Å². The van der Waals surface area contributed by atoms with E-state index in [1.807, 2.05) is 0 Å². The molecule has 2 heterocycles. The molecule has 4 N–H and O–H groups in total. The van der Waals surface area contributed by atoms with Gasteiger partial charge < -0.3 is 16.2 Å². The summed E-state index contributed by atoms with van der Waals surface area (Å²) in [6.07, 6.45) is 1.26. The van der Waals surface area contributed by atoms with Gasteiger partial charge in [-0.1, -0.05) is 0 Å². The molecule has 100 valence electrons. The number of nitrogens with zero attached hydrogens (tertiary/aromatic N) is 4. The Morgan fingerprint density at radius 1 is 1.37 bits per heavy atom. The van der Waals surface area contributed by atoms with Crippen LogP contribution in [0.25, 0.3) is 0 Å². The van der Waals surface area contributed by atoms with Crippen molar-refractivity contribution in [2.75, 3.05) is 11.1 Å². The average Bonchev–Trinajstić information content (AvgIpc) is 2.82. The molecule has 19 heavy (non-hydrogen) atoms. The zero-order valence-corrected chi connectivity index (χ0v) is 10.3. The van der Waals surface area contributed by atoms with Gasteiger partial charge in [-0.25, -0.2) is 4.79 Å². The molecule has 0 unspecified atom stereocenters. The Morgan fingerprint density at radius 2 is 2.05 bits per heavy atom. The van der Waals surface area contributed by atoms with Crippen LogP contribution >= 0.6 is 0 Å². The number of aryl methyl sites for hydroxylation is 2. The van der Waals surface area contributed by atoms with Gasteiger partial charge in [0.25, 0.3) is 5.91 Å². The quantitative estimate of drug-likeness (QED) is 0.697. The fourth-order valence-corrected chi connectivity index (χ4v) is 1.67. The molecule has 9 heteroatoms. The summed E-state index contributed by atoms with van der Waals surface area (Å²) in [6.45, 7) is 0. The van der Waals surface area contributed by atoms with Crippen LogP contribution in [-0.4, -0.2) is 36.5 Å². The standard InChI is InChI=1S/C10H12N6O3/c1-15-6(3-7(11)14-15)9(17)13-5-4-12-16(2)8(5)10(18)19/h3-4H,1-2H3,(H2,11,14)(H,13,17)(H,18,19). The number of amides is 1. The number of nitrogens with one attached hydrogen (secondary N) is 1. The lowest BCUT2D eigenvalue weighted by Gasteiger charge is -2.04. The highest BCUT2D eigenvalue weighted by molar-refractivity contribution is 6.06. The monoisotopic (exact) mass is 264 g/mol. The van der Waals surface area contributed by atoms with Crippen LogP contribution in [-0.2, 0) is 14.1 Å². The van der Waals surface area contributed by atoms with Crippen LogP contribution in [0.15, 0.2) is 12.3 Å². The maximum absolute atomic E-state index is 12.0. The Morgan fingerprint density at radius 3 is 2.58 bits per heavy atom. The third-order valence-corrected chi connectivity index (χ3v) is 2.52. The molecule has 0 saturated heterocycles. The van der Waals surface area contributed by atoms with Crippen molar-refractivity contribution in [3.05, 3.63) is 23.7 Å². The molecule has 2 rings (SSSR count). The molecule has 0 radical (unpaired) electrons. The van der Waals surface area contributed by atoms with Crippen molar-refractivity contribution in [1.29, 1.82) is 0 Å². The number of carboxylic acids is 1. The maximum Gasteiger partial charge on any atom is 0.356 e. The number of nitrogen functional groups attached to an aromatic ring is 1. The minimum absolute atomic E-state index is 0.108. The Labute approximate surface area is 107 Å². The van der Waals surface area contributed by atoms with Gasteiger partial charge in [0.1, 0.15) is 11.5 Å². The number of carbonyl (C=O) groups excluding carboxylic acids is 1. The van der Waals surface area contributed by atoms with E-state index in [9.17, 15) is 9.59 Å². The molecule has 0 aromatic carbocycles. The van der Waals surface area contributed by atoms with Crippen LogP contribution in [0.1, 0.15) is 21.0 Å². The van der Waals surface area contributed by atoms with Crippen molar-refractivity contribution in [3.63, 3.8) is 0 Å². The van der Waals surface area contributed by atoms with E-state index in [4.69, 9.17) is 10.8 Å². The molecular weight excluding hydrogens is 252 g/mol. The minimum Gasteiger partial charge on any atom is -0.476 e. The number of rotatable bonds is 3. The SMILES string of the molecule is Cn1nc(N)cc1C(=O)Nc1cnn(C)c1C(=O)O. The van der Waals surface area contributed by atoms with Crippen LogP contribution in [0.3, 0.4) is 0 Å². The second kappa shape index (κ2) is 4.44. The third kappa shape index (κ3) is 2.25. The van der Waals surface area contributed by atoms with Gasteiger partial charge in [-0.05, 0) is 0 Å². The zero-order chi connectivity index (χ0) is 14.2. The summed E-state index contributed by atoms with van der Waals surface area (Å²) < 4.78 is 2.47. The molecule has 2 aromatic rings. The van der Waals surface area contributed by atoms with Gasteiger partial charge in [-0.15, -0.1) is 0 Å². The van der Waals surface area contributed by atoms with Gasteiger partial charge in [0.2, 0.25) is 0 Å². The number of hydrogen-bond donors (Lipinski definition) is 3. The van der Waals surface area contributed by atoms with Gasteiger partial charge in [-0.2, -0.15) is 10.2 Å². The van der Waals surface area contributed by atoms with Crippen molar-refractivity contribution in [1.82, 2.24) is 19.6 Å². The van der Waals surface area contributed by atoms with Crippen molar-refractivity contribution < 1.29 is 14.7 Å². The number of nitrogens with two attached hydrogens (primary N) is 1. The first-order valence-corrected chi connectivity index (χ1v) is 5.26. The lowest BCUT2D eigenvalue weighted by molar-refractivity contribution is 0.0686. The largest absolute Gasteiger partial charge is 0.476 e. The van der Waals surface area contributed by atoms with E-state index in [1.54, 1.807) is 7.05 Å². The fourth-order valence-electron chi connectivity index (χ4n) is 1.67. The molecule has 2 aromatic heterocycles. The van der Waals surface area contributed by atoms with Gasteiger partial charge >= 0.3 is 5.97 Å². The van der Waals surface area contributed by atoms with Crippen LogP contribution in [0.4, 0.5) is 11.5 Å². The number of hydrogen-bond acceptors (Lipinski definition) is 5.